The lowest BCUT2D eigenvalue weighted by molar-refractivity contribution is 0.812. The normalized spacial score (nSPS) is 9.94. The van der Waals surface area contributed by atoms with E-state index in [9.17, 15) is 0 Å². The molecule has 8 heteroatoms. The number of hydrogen-bond acceptors (Lipinski definition) is 7. The lowest BCUT2D eigenvalue weighted by Crippen LogP contribution is -2.11. The molecule has 2 aromatic rings. The Labute approximate surface area is 96.8 Å². The second-order valence-electron chi connectivity index (χ2n) is 3.29. The summed E-state index contributed by atoms with van der Waals surface area (Å²) in [7, 11) is 0. The predicted octanol–water partition coefficient (Wildman–Crippen LogP) is -0.290. The van der Waals surface area contributed by atoms with E-state index < -0.39 is 0 Å². The van der Waals surface area contributed by atoms with Crippen LogP contribution >= 0.6 is 0 Å². The SMILES string of the molecule is Cc1nn(-c2ccc(NN)nn2)c(N)c1C#N. The number of anilines is 2. The lowest BCUT2D eigenvalue weighted by atomic mass is 10.3. The predicted molar refractivity (Wildman–Crippen MR) is 60.8 cm³/mol. The average molecular weight is 230 g/mol. The van der Waals surface area contributed by atoms with Crippen LogP contribution in [0.4, 0.5) is 11.6 Å². The fourth-order valence-electron chi connectivity index (χ4n) is 1.37. The molecule has 17 heavy (non-hydrogen) atoms. The molecule has 5 N–H and O–H groups in total. The molecule has 0 saturated carbocycles. The molecular weight excluding hydrogens is 220 g/mol. The topological polar surface area (TPSA) is 131 Å². The van der Waals surface area contributed by atoms with Crippen LogP contribution in [0.15, 0.2) is 12.1 Å². The van der Waals surface area contributed by atoms with Crippen LogP contribution in [0.5, 0.6) is 0 Å². The average Bonchev–Trinajstić information content (AvgIpc) is 2.64. The summed E-state index contributed by atoms with van der Waals surface area (Å²) in [6.07, 6.45) is 0. The van der Waals surface area contributed by atoms with Crippen LogP contribution < -0.4 is 17.0 Å². The molecule has 2 rings (SSSR count). The lowest BCUT2D eigenvalue weighted by Gasteiger charge is -2.02. The number of nitrogens with one attached hydrogen (secondary N) is 1. The van der Waals surface area contributed by atoms with Crippen molar-refractivity contribution < 1.29 is 0 Å². The molecule has 0 aromatic carbocycles. The van der Waals surface area contributed by atoms with Crippen molar-refractivity contribution in [3.05, 3.63) is 23.4 Å². The van der Waals surface area contributed by atoms with Crippen molar-refractivity contribution in [2.75, 3.05) is 11.2 Å². The molecule has 0 fully saturated rings. The molecule has 0 unspecified atom stereocenters. The Hall–Kier alpha value is -2.66. The van der Waals surface area contributed by atoms with E-state index in [4.69, 9.17) is 16.8 Å². The third-order valence-corrected chi connectivity index (χ3v) is 2.22. The molecular formula is C9H10N8. The Kier molecular flexibility index (Phi) is 2.60. The molecule has 0 atom stereocenters. The molecule has 0 aliphatic heterocycles. The van der Waals surface area contributed by atoms with Gasteiger partial charge < -0.3 is 11.2 Å². The van der Waals surface area contributed by atoms with Crippen molar-refractivity contribution in [2.45, 2.75) is 6.92 Å². The number of hydrogen-bond donors (Lipinski definition) is 3. The monoisotopic (exact) mass is 230 g/mol. The van der Waals surface area contributed by atoms with Gasteiger partial charge in [0.15, 0.2) is 11.6 Å². The van der Waals surface area contributed by atoms with Crippen molar-refractivity contribution in [2.24, 2.45) is 5.84 Å². The molecule has 8 nitrogen and oxygen atoms in total. The third kappa shape index (κ3) is 1.75. The maximum Gasteiger partial charge on any atom is 0.178 e. The molecule has 0 saturated heterocycles. The Morgan fingerprint density at radius 3 is 2.65 bits per heavy atom. The van der Waals surface area contributed by atoms with E-state index in [1.807, 2.05) is 6.07 Å². The summed E-state index contributed by atoms with van der Waals surface area (Å²) in [4.78, 5) is 0. The van der Waals surface area contributed by atoms with Crippen LogP contribution in [-0.2, 0) is 0 Å². The zero-order valence-corrected chi connectivity index (χ0v) is 9.05. The van der Waals surface area contributed by atoms with Crippen molar-refractivity contribution in [3.63, 3.8) is 0 Å². The van der Waals surface area contributed by atoms with Crippen LogP contribution in [0, 0.1) is 18.3 Å². The highest BCUT2D eigenvalue weighted by molar-refractivity contribution is 5.54. The quantitative estimate of drug-likeness (QED) is 0.477. The van der Waals surface area contributed by atoms with Gasteiger partial charge in [-0.15, -0.1) is 10.2 Å². The molecule has 0 spiro atoms. The van der Waals surface area contributed by atoms with Gasteiger partial charge in [0.05, 0.1) is 5.69 Å². The first-order chi connectivity index (χ1) is 8.17. The molecule has 86 valence electrons. The second kappa shape index (κ2) is 4.07. The Morgan fingerprint density at radius 2 is 2.18 bits per heavy atom. The summed E-state index contributed by atoms with van der Waals surface area (Å²) < 4.78 is 1.36. The van der Waals surface area contributed by atoms with E-state index in [-0.39, 0.29) is 5.82 Å². The zero-order chi connectivity index (χ0) is 12.4. The van der Waals surface area contributed by atoms with Crippen LogP contribution in [0.1, 0.15) is 11.3 Å². The van der Waals surface area contributed by atoms with Crippen molar-refractivity contribution in [1.82, 2.24) is 20.0 Å². The molecule has 0 bridgehead atoms. The fraction of sp³-hybridized carbons (Fsp3) is 0.111. The van der Waals surface area contributed by atoms with Crippen LogP contribution in [0.3, 0.4) is 0 Å². The maximum atomic E-state index is 8.90. The first-order valence-corrected chi connectivity index (χ1v) is 4.73. The largest absolute Gasteiger partial charge is 0.382 e. The van der Waals surface area contributed by atoms with Gasteiger partial charge in [0.2, 0.25) is 0 Å². The van der Waals surface area contributed by atoms with Gasteiger partial charge in [-0.3, -0.25) is 0 Å². The van der Waals surface area contributed by atoms with E-state index in [0.29, 0.717) is 22.9 Å². The number of nitrogen functional groups attached to an aromatic ring is 2. The first kappa shape index (κ1) is 10.8. The Balaban J connectivity index is 2.50. The van der Waals surface area contributed by atoms with E-state index in [0.717, 1.165) is 0 Å². The number of hydrazine groups is 1. The van der Waals surface area contributed by atoms with E-state index in [1.54, 1.807) is 19.1 Å². The van der Waals surface area contributed by atoms with Crippen LogP contribution in [-0.4, -0.2) is 20.0 Å². The minimum absolute atomic E-state index is 0.243. The number of rotatable bonds is 2. The van der Waals surface area contributed by atoms with E-state index >= 15 is 0 Å². The molecule has 2 heterocycles. The maximum absolute atomic E-state index is 8.90. The summed E-state index contributed by atoms with van der Waals surface area (Å²) in [6.45, 7) is 1.70. The highest BCUT2D eigenvalue weighted by atomic mass is 15.4. The Morgan fingerprint density at radius 1 is 1.41 bits per heavy atom. The number of nitrogens with two attached hydrogens (primary N) is 2. The van der Waals surface area contributed by atoms with Gasteiger partial charge in [-0.25, -0.2) is 5.84 Å². The van der Waals surface area contributed by atoms with Crippen molar-refractivity contribution in [3.8, 4) is 11.9 Å². The molecule has 0 aliphatic carbocycles. The number of nitriles is 1. The van der Waals surface area contributed by atoms with Gasteiger partial charge in [-0.05, 0) is 19.1 Å². The summed E-state index contributed by atoms with van der Waals surface area (Å²) in [6, 6.07) is 5.26. The summed E-state index contributed by atoms with van der Waals surface area (Å²) in [5.74, 6) is 6.27. The summed E-state index contributed by atoms with van der Waals surface area (Å²) in [5.41, 5.74) is 9.04. The van der Waals surface area contributed by atoms with Crippen molar-refractivity contribution >= 4 is 11.6 Å². The highest BCUT2D eigenvalue weighted by Gasteiger charge is 2.14. The smallest absolute Gasteiger partial charge is 0.178 e. The molecule has 0 radical (unpaired) electrons. The van der Waals surface area contributed by atoms with Gasteiger partial charge >= 0.3 is 0 Å². The zero-order valence-electron chi connectivity index (χ0n) is 9.05. The van der Waals surface area contributed by atoms with Gasteiger partial charge in [0.25, 0.3) is 0 Å². The van der Waals surface area contributed by atoms with Gasteiger partial charge in [-0.2, -0.15) is 15.0 Å². The van der Waals surface area contributed by atoms with Gasteiger partial charge in [0, 0.05) is 0 Å². The van der Waals surface area contributed by atoms with Crippen LogP contribution in [0.25, 0.3) is 5.82 Å². The van der Waals surface area contributed by atoms with Gasteiger partial charge in [-0.1, -0.05) is 0 Å². The number of aromatic nitrogens is 4. The van der Waals surface area contributed by atoms with Crippen molar-refractivity contribution in [1.29, 1.82) is 5.26 Å². The summed E-state index contributed by atoms with van der Waals surface area (Å²) >= 11 is 0. The number of aryl methyl sites for hydroxylation is 1. The van der Waals surface area contributed by atoms with E-state index in [2.05, 4.69) is 20.7 Å². The van der Waals surface area contributed by atoms with E-state index in [1.165, 1.54) is 4.68 Å². The molecule has 2 aromatic heterocycles. The standard InChI is InChI=1S/C9H10N8/c1-5-6(4-10)9(11)17(16-5)8-3-2-7(13-12)14-15-8/h2-3H,11-12H2,1H3,(H,13,14). The minimum Gasteiger partial charge on any atom is -0.382 e. The van der Waals surface area contributed by atoms with Crippen LogP contribution in [0.2, 0.25) is 0 Å². The number of nitrogens with zero attached hydrogens (tertiary/aromatic N) is 5. The molecule has 0 amide bonds. The Bertz CT molecular complexity index is 576. The highest BCUT2D eigenvalue weighted by Crippen LogP contribution is 2.18. The van der Waals surface area contributed by atoms with Gasteiger partial charge in [0.1, 0.15) is 17.5 Å². The minimum atomic E-state index is 0.243. The fourth-order valence-corrected chi connectivity index (χ4v) is 1.37. The third-order valence-electron chi connectivity index (χ3n) is 2.22. The molecule has 0 aliphatic rings. The summed E-state index contributed by atoms with van der Waals surface area (Å²) in [5, 5.41) is 20.7. The first-order valence-electron chi connectivity index (χ1n) is 4.73. The second-order valence-corrected chi connectivity index (χ2v) is 3.29.